The van der Waals surface area contributed by atoms with Gasteiger partial charge in [0.1, 0.15) is 0 Å². The fourth-order valence-electron chi connectivity index (χ4n) is 7.20. The maximum Gasteiger partial charge on any atom is 0.481 e. The third kappa shape index (κ3) is 6.27. The molecule has 0 aromatic heterocycles. The van der Waals surface area contributed by atoms with Crippen LogP contribution in [-0.2, 0) is 25.3 Å². The molecule has 1 aromatic rings. The molecule has 2 bridgehead atoms. The van der Waals surface area contributed by atoms with E-state index in [4.69, 9.17) is 15.0 Å². The first-order valence-corrected chi connectivity index (χ1v) is 14.9. The fourth-order valence-corrected chi connectivity index (χ4v) is 7.20. The van der Waals surface area contributed by atoms with Crippen molar-refractivity contribution in [3.63, 3.8) is 0 Å². The van der Waals surface area contributed by atoms with Crippen LogP contribution in [0.15, 0.2) is 24.3 Å². The molecular weight excluding hydrogens is 491 g/mol. The molecule has 0 spiro atoms. The van der Waals surface area contributed by atoms with Crippen LogP contribution in [0.5, 0.6) is 0 Å². The summed E-state index contributed by atoms with van der Waals surface area (Å²) in [5.41, 5.74) is 7.07. The Kier molecular flexibility index (Phi) is 8.97. The van der Waals surface area contributed by atoms with E-state index in [0.717, 1.165) is 32.1 Å². The summed E-state index contributed by atoms with van der Waals surface area (Å²) >= 11 is 0. The van der Waals surface area contributed by atoms with Crippen molar-refractivity contribution in [1.82, 2.24) is 5.32 Å². The zero-order chi connectivity index (χ0) is 28.5. The first-order valence-electron chi connectivity index (χ1n) is 14.9. The molecule has 1 saturated heterocycles. The van der Waals surface area contributed by atoms with Crippen LogP contribution in [0.3, 0.4) is 0 Å². The van der Waals surface area contributed by atoms with E-state index in [-0.39, 0.29) is 53.5 Å². The SMILES string of the molecule is CCCCc1ccc(C(=O)C[C@@H](CC(N)=O)C(=O)N[C@@H](CC(C)C)B2O[C@@H]3C[C@H]4C[C@H](C4(C)C)[C@]3(C)O2)cc1. The van der Waals surface area contributed by atoms with Crippen LogP contribution in [0.2, 0.25) is 0 Å². The molecule has 1 aromatic carbocycles. The molecule has 5 rings (SSSR count). The van der Waals surface area contributed by atoms with E-state index in [1.54, 1.807) is 0 Å². The zero-order valence-corrected chi connectivity index (χ0v) is 24.6. The number of nitrogens with one attached hydrogen (secondary N) is 1. The molecule has 3 N–H and O–H groups in total. The molecule has 1 heterocycles. The summed E-state index contributed by atoms with van der Waals surface area (Å²) < 4.78 is 13.1. The predicted octanol–water partition coefficient (Wildman–Crippen LogP) is 4.89. The van der Waals surface area contributed by atoms with Crippen LogP contribution >= 0.6 is 0 Å². The number of Topliss-reactive ketones (excluding diaryl/α,β-unsaturated/α-hetero) is 1. The van der Waals surface area contributed by atoms with Gasteiger partial charge in [-0.2, -0.15) is 0 Å². The smallest absolute Gasteiger partial charge is 0.404 e. The van der Waals surface area contributed by atoms with Gasteiger partial charge in [0.15, 0.2) is 5.78 Å². The van der Waals surface area contributed by atoms with Crippen molar-refractivity contribution in [2.24, 2.45) is 34.8 Å². The quantitative estimate of drug-likeness (QED) is 0.275. The van der Waals surface area contributed by atoms with Crippen molar-refractivity contribution in [3.8, 4) is 0 Å². The number of rotatable bonds is 13. The summed E-state index contributed by atoms with van der Waals surface area (Å²) in [6, 6.07) is 7.54. The topological polar surface area (TPSA) is 108 Å². The predicted molar refractivity (Wildman–Crippen MR) is 153 cm³/mol. The van der Waals surface area contributed by atoms with E-state index in [1.165, 1.54) is 5.56 Å². The number of nitrogens with two attached hydrogens (primary N) is 1. The number of aryl methyl sites for hydroxylation is 1. The number of amides is 2. The second-order valence-electron chi connectivity index (χ2n) is 13.4. The average Bonchev–Trinajstić information content (AvgIpc) is 3.23. The van der Waals surface area contributed by atoms with Crippen molar-refractivity contribution >= 4 is 24.7 Å². The van der Waals surface area contributed by atoms with E-state index in [2.05, 4.69) is 46.9 Å². The maximum atomic E-state index is 13.6. The second kappa shape index (κ2) is 11.7. The lowest BCUT2D eigenvalue weighted by Gasteiger charge is -2.64. The fraction of sp³-hybridized carbons (Fsp3) is 0.710. The summed E-state index contributed by atoms with van der Waals surface area (Å²) in [5.74, 6) is -1.04. The van der Waals surface area contributed by atoms with Crippen molar-refractivity contribution in [2.45, 2.75) is 111 Å². The lowest BCUT2D eigenvalue weighted by molar-refractivity contribution is -0.199. The summed E-state index contributed by atoms with van der Waals surface area (Å²) in [5, 5.41) is 3.11. The van der Waals surface area contributed by atoms with Crippen LogP contribution in [0, 0.1) is 29.1 Å². The molecule has 8 heteroatoms. The van der Waals surface area contributed by atoms with E-state index in [0.29, 0.717) is 23.8 Å². The molecule has 39 heavy (non-hydrogen) atoms. The van der Waals surface area contributed by atoms with Gasteiger partial charge in [-0.15, -0.1) is 0 Å². The lowest BCUT2D eigenvalue weighted by Crippen LogP contribution is -2.65. The van der Waals surface area contributed by atoms with Gasteiger partial charge in [0.2, 0.25) is 11.8 Å². The van der Waals surface area contributed by atoms with E-state index in [1.807, 2.05) is 24.3 Å². The van der Waals surface area contributed by atoms with E-state index in [9.17, 15) is 14.4 Å². The molecule has 3 aliphatic carbocycles. The Morgan fingerprint density at radius 1 is 1.10 bits per heavy atom. The zero-order valence-electron chi connectivity index (χ0n) is 24.6. The second-order valence-corrected chi connectivity index (χ2v) is 13.4. The number of carbonyl (C=O) groups is 3. The number of unbranched alkanes of at least 4 members (excludes halogenated alkanes) is 1. The van der Waals surface area contributed by atoms with Gasteiger partial charge in [0, 0.05) is 18.4 Å². The molecule has 4 aliphatic rings. The maximum absolute atomic E-state index is 13.6. The van der Waals surface area contributed by atoms with Gasteiger partial charge in [-0.05, 0) is 67.8 Å². The van der Waals surface area contributed by atoms with Crippen LogP contribution in [0.25, 0.3) is 0 Å². The highest BCUT2D eigenvalue weighted by atomic mass is 16.7. The third-order valence-electron chi connectivity index (χ3n) is 9.70. The minimum Gasteiger partial charge on any atom is -0.404 e. The van der Waals surface area contributed by atoms with Gasteiger partial charge >= 0.3 is 7.12 Å². The molecule has 2 amide bonds. The minimum atomic E-state index is -0.851. The normalized spacial score (nSPS) is 28.4. The standard InChI is InChI=1S/C31H47BN2O5/c1-7-8-9-20-10-12-21(13-11-20)24(35)15-22(16-28(33)36)29(37)34-27(14-19(2)3)32-38-26-18-23-17-25(30(23,4)5)31(26,6)39-32/h10-13,19,22-23,25-27H,7-9,14-18H2,1-6H3,(H2,33,36)(H,34,37)/t22-,23+,25+,26+,27-,31-/m0/s1. The van der Waals surface area contributed by atoms with Crippen LogP contribution in [-0.4, -0.2) is 42.4 Å². The lowest BCUT2D eigenvalue weighted by atomic mass is 9.43. The molecule has 7 nitrogen and oxygen atoms in total. The highest BCUT2D eigenvalue weighted by Gasteiger charge is 2.68. The number of benzene rings is 1. The van der Waals surface area contributed by atoms with Gasteiger partial charge in [0.25, 0.3) is 0 Å². The highest BCUT2D eigenvalue weighted by molar-refractivity contribution is 6.47. The largest absolute Gasteiger partial charge is 0.481 e. The number of hydrogen-bond acceptors (Lipinski definition) is 5. The molecule has 3 saturated carbocycles. The molecule has 1 aliphatic heterocycles. The van der Waals surface area contributed by atoms with Crippen LogP contribution in [0.1, 0.15) is 102 Å². The van der Waals surface area contributed by atoms with Gasteiger partial charge in [0.05, 0.1) is 23.6 Å². The Balaban J connectivity index is 1.45. The van der Waals surface area contributed by atoms with Crippen molar-refractivity contribution in [2.75, 3.05) is 0 Å². The van der Waals surface area contributed by atoms with E-state index >= 15 is 0 Å². The molecule has 4 fully saturated rings. The minimum absolute atomic E-state index is 0.00846. The Bertz CT molecular complexity index is 1060. The van der Waals surface area contributed by atoms with Crippen molar-refractivity contribution < 1.29 is 23.7 Å². The molecule has 6 atom stereocenters. The van der Waals surface area contributed by atoms with Crippen LogP contribution in [0.4, 0.5) is 0 Å². The summed E-state index contributed by atoms with van der Waals surface area (Å²) in [6.07, 6.45) is 5.69. The van der Waals surface area contributed by atoms with Crippen LogP contribution < -0.4 is 11.1 Å². The molecular formula is C31H47BN2O5. The monoisotopic (exact) mass is 538 g/mol. The number of ketones is 1. The third-order valence-corrected chi connectivity index (χ3v) is 9.70. The van der Waals surface area contributed by atoms with Gasteiger partial charge in [-0.1, -0.05) is 65.3 Å². The van der Waals surface area contributed by atoms with Gasteiger partial charge in [-0.25, -0.2) is 0 Å². The summed E-state index contributed by atoms with van der Waals surface area (Å²) in [6.45, 7) is 13.1. The van der Waals surface area contributed by atoms with Crippen molar-refractivity contribution in [3.05, 3.63) is 35.4 Å². The van der Waals surface area contributed by atoms with Crippen molar-refractivity contribution in [1.29, 1.82) is 0 Å². The highest BCUT2D eigenvalue weighted by Crippen LogP contribution is 2.65. The van der Waals surface area contributed by atoms with E-state index < -0.39 is 18.9 Å². The van der Waals surface area contributed by atoms with Gasteiger partial charge in [-0.3, -0.25) is 14.4 Å². The Labute approximate surface area is 234 Å². The average molecular weight is 539 g/mol. The Morgan fingerprint density at radius 3 is 2.38 bits per heavy atom. The number of hydrogen-bond donors (Lipinski definition) is 2. The first kappa shape index (κ1) is 29.8. The summed E-state index contributed by atoms with van der Waals surface area (Å²) in [4.78, 5) is 38.6. The Hall–Kier alpha value is -2.19. The molecule has 0 unspecified atom stereocenters. The number of carbonyl (C=O) groups excluding carboxylic acids is 3. The Morgan fingerprint density at radius 2 is 1.79 bits per heavy atom. The molecule has 0 radical (unpaired) electrons. The molecule has 214 valence electrons. The van der Waals surface area contributed by atoms with Gasteiger partial charge < -0.3 is 20.4 Å². The number of primary amides is 1. The first-order chi connectivity index (χ1) is 18.3. The summed E-state index contributed by atoms with van der Waals surface area (Å²) in [7, 11) is -0.568.